The van der Waals surface area contributed by atoms with Gasteiger partial charge in [-0.25, -0.2) is 4.79 Å². The van der Waals surface area contributed by atoms with Crippen molar-refractivity contribution in [3.8, 4) is 0 Å². The van der Waals surface area contributed by atoms with Crippen LogP contribution in [-0.2, 0) is 17.7 Å². The van der Waals surface area contributed by atoms with Crippen LogP contribution in [0.3, 0.4) is 0 Å². The van der Waals surface area contributed by atoms with Gasteiger partial charge in [0.2, 0.25) is 0 Å². The Morgan fingerprint density at radius 2 is 2.05 bits per heavy atom. The van der Waals surface area contributed by atoms with Crippen LogP contribution in [0.4, 0.5) is 11.4 Å². The molecule has 5 heteroatoms. The molecule has 2 rings (SSSR count). The van der Waals surface area contributed by atoms with E-state index in [0.29, 0.717) is 17.8 Å². The van der Waals surface area contributed by atoms with Crippen molar-refractivity contribution < 1.29 is 9.53 Å². The molecule has 0 saturated carbocycles. The highest BCUT2D eigenvalue weighted by atomic mass is 32.1. The van der Waals surface area contributed by atoms with Crippen LogP contribution in [0.5, 0.6) is 0 Å². The monoisotopic (exact) mass is 290 g/mol. The maximum atomic E-state index is 11.6. The molecule has 0 saturated heterocycles. The molecule has 0 atom stereocenters. The van der Waals surface area contributed by atoms with Gasteiger partial charge in [0.15, 0.2) is 0 Å². The lowest BCUT2D eigenvalue weighted by Gasteiger charge is -2.11. The lowest BCUT2D eigenvalue weighted by Crippen LogP contribution is -2.08. The number of methoxy groups -OCH3 is 1. The number of anilines is 2. The average molecular weight is 290 g/mol. The van der Waals surface area contributed by atoms with Gasteiger partial charge in [-0.15, -0.1) is 11.3 Å². The summed E-state index contributed by atoms with van der Waals surface area (Å²) in [7, 11) is 1.35. The second-order valence-corrected chi connectivity index (χ2v) is 5.59. The van der Waals surface area contributed by atoms with Gasteiger partial charge in [-0.1, -0.05) is 13.0 Å². The largest absolute Gasteiger partial charge is 0.465 e. The summed E-state index contributed by atoms with van der Waals surface area (Å²) in [6, 6.07) is 9.55. The van der Waals surface area contributed by atoms with Gasteiger partial charge in [-0.3, -0.25) is 0 Å². The molecule has 106 valence electrons. The topological polar surface area (TPSA) is 64.3 Å². The number of hydrogen-bond donors (Lipinski definition) is 2. The predicted molar refractivity (Wildman–Crippen MR) is 83.2 cm³/mol. The Kier molecular flexibility index (Phi) is 4.63. The summed E-state index contributed by atoms with van der Waals surface area (Å²) in [6.07, 6.45) is 1.05. The van der Waals surface area contributed by atoms with Crippen molar-refractivity contribution in [3.63, 3.8) is 0 Å². The van der Waals surface area contributed by atoms with E-state index in [2.05, 4.69) is 24.4 Å². The van der Waals surface area contributed by atoms with Crippen LogP contribution in [0, 0.1) is 0 Å². The third-order valence-corrected chi connectivity index (χ3v) is 4.26. The normalized spacial score (nSPS) is 10.3. The Morgan fingerprint density at radius 3 is 2.70 bits per heavy atom. The van der Waals surface area contributed by atoms with Crippen molar-refractivity contribution in [1.29, 1.82) is 0 Å². The highest BCUT2D eigenvalue weighted by molar-refractivity contribution is 7.12. The van der Waals surface area contributed by atoms with Crippen molar-refractivity contribution in [3.05, 3.63) is 45.6 Å². The Morgan fingerprint density at radius 1 is 1.30 bits per heavy atom. The van der Waals surface area contributed by atoms with Crippen LogP contribution in [0.25, 0.3) is 0 Å². The van der Waals surface area contributed by atoms with Crippen molar-refractivity contribution >= 4 is 28.7 Å². The maximum absolute atomic E-state index is 11.6. The van der Waals surface area contributed by atoms with E-state index in [1.54, 1.807) is 23.5 Å². The Labute approximate surface area is 122 Å². The van der Waals surface area contributed by atoms with E-state index < -0.39 is 5.97 Å². The summed E-state index contributed by atoms with van der Waals surface area (Å²) >= 11 is 1.78. The molecule has 4 nitrogen and oxygen atoms in total. The molecular formula is C15H18N2O2S. The molecule has 20 heavy (non-hydrogen) atoms. The molecule has 0 bridgehead atoms. The SMILES string of the molecule is CCc1ccc(CNc2cccc(C(=O)OC)c2N)s1. The maximum Gasteiger partial charge on any atom is 0.340 e. The summed E-state index contributed by atoms with van der Waals surface area (Å²) in [5.41, 5.74) is 7.55. The summed E-state index contributed by atoms with van der Waals surface area (Å²) in [4.78, 5) is 14.2. The minimum atomic E-state index is -0.421. The van der Waals surface area contributed by atoms with Gasteiger partial charge in [0, 0.05) is 16.3 Å². The molecule has 0 aliphatic carbocycles. The predicted octanol–water partition coefficient (Wildman–Crippen LogP) is 3.29. The molecule has 0 fully saturated rings. The van der Waals surface area contributed by atoms with Crippen LogP contribution >= 0.6 is 11.3 Å². The molecule has 1 heterocycles. The van der Waals surface area contributed by atoms with E-state index in [0.717, 1.165) is 12.1 Å². The first-order valence-corrected chi connectivity index (χ1v) is 7.25. The van der Waals surface area contributed by atoms with E-state index >= 15 is 0 Å². The Hall–Kier alpha value is -2.01. The van der Waals surface area contributed by atoms with Crippen LogP contribution in [-0.4, -0.2) is 13.1 Å². The smallest absolute Gasteiger partial charge is 0.340 e. The zero-order valence-corrected chi connectivity index (χ0v) is 12.4. The second-order valence-electron chi connectivity index (χ2n) is 4.33. The van der Waals surface area contributed by atoms with Gasteiger partial charge in [0.05, 0.1) is 24.0 Å². The van der Waals surface area contributed by atoms with Gasteiger partial charge < -0.3 is 15.8 Å². The van der Waals surface area contributed by atoms with E-state index in [9.17, 15) is 4.79 Å². The number of rotatable bonds is 5. The van der Waals surface area contributed by atoms with Crippen LogP contribution in [0.1, 0.15) is 27.0 Å². The molecule has 3 N–H and O–H groups in total. The summed E-state index contributed by atoms with van der Waals surface area (Å²) in [5, 5.41) is 3.26. The number of hydrogen-bond acceptors (Lipinski definition) is 5. The van der Waals surface area contributed by atoms with E-state index in [1.165, 1.54) is 16.9 Å². The van der Waals surface area contributed by atoms with E-state index in [1.807, 2.05) is 6.07 Å². The van der Waals surface area contributed by atoms with Crippen molar-refractivity contribution in [1.82, 2.24) is 0 Å². The Bertz CT molecular complexity index is 608. The van der Waals surface area contributed by atoms with Gasteiger partial charge in [0.25, 0.3) is 0 Å². The molecule has 0 amide bonds. The number of nitrogens with one attached hydrogen (secondary N) is 1. The molecule has 1 aromatic carbocycles. The molecule has 2 aromatic rings. The minimum Gasteiger partial charge on any atom is -0.465 e. The number of thiophene rings is 1. The molecule has 0 radical (unpaired) electrons. The molecule has 0 aliphatic rings. The average Bonchev–Trinajstić information content (AvgIpc) is 2.93. The van der Waals surface area contributed by atoms with Gasteiger partial charge in [0.1, 0.15) is 0 Å². The number of aryl methyl sites for hydroxylation is 1. The lowest BCUT2D eigenvalue weighted by molar-refractivity contribution is 0.0602. The number of ether oxygens (including phenoxy) is 1. The highest BCUT2D eigenvalue weighted by Crippen LogP contribution is 2.25. The number of carbonyl (C=O) groups is 1. The summed E-state index contributed by atoms with van der Waals surface area (Å²) in [6.45, 7) is 2.83. The van der Waals surface area contributed by atoms with E-state index in [4.69, 9.17) is 10.5 Å². The summed E-state index contributed by atoms with van der Waals surface area (Å²) < 4.78 is 4.71. The van der Waals surface area contributed by atoms with Gasteiger partial charge in [-0.2, -0.15) is 0 Å². The summed E-state index contributed by atoms with van der Waals surface area (Å²) in [5.74, 6) is -0.421. The second kappa shape index (κ2) is 6.43. The van der Waals surface area contributed by atoms with Crippen LogP contribution < -0.4 is 11.1 Å². The first kappa shape index (κ1) is 14.4. The van der Waals surface area contributed by atoms with Crippen molar-refractivity contribution in [2.24, 2.45) is 0 Å². The number of esters is 1. The van der Waals surface area contributed by atoms with Gasteiger partial charge in [-0.05, 0) is 30.7 Å². The highest BCUT2D eigenvalue weighted by Gasteiger charge is 2.12. The number of para-hydroxylation sites is 1. The fraction of sp³-hybridized carbons (Fsp3) is 0.267. The number of nitrogen functional groups attached to an aromatic ring is 1. The molecule has 1 aromatic heterocycles. The van der Waals surface area contributed by atoms with Gasteiger partial charge >= 0.3 is 5.97 Å². The quantitative estimate of drug-likeness (QED) is 0.655. The van der Waals surface area contributed by atoms with E-state index in [-0.39, 0.29) is 0 Å². The Balaban J connectivity index is 2.11. The third kappa shape index (κ3) is 3.11. The van der Waals surface area contributed by atoms with Crippen LogP contribution in [0.2, 0.25) is 0 Å². The molecular weight excluding hydrogens is 272 g/mol. The standard InChI is InChI=1S/C15H18N2O2S/c1-3-10-7-8-11(20-10)9-17-13-6-4-5-12(14(13)16)15(18)19-2/h4-8,17H,3,9,16H2,1-2H3. The van der Waals surface area contributed by atoms with Crippen molar-refractivity contribution in [2.75, 3.05) is 18.2 Å². The number of nitrogens with two attached hydrogens (primary N) is 1. The lowest BCUT2D eigenvalue weighted by atomic mass is 10.1. The first-order valence-electron chi connectivity index (χ1n) is 6.44. The van der Waals surface area contributed by atoms with Crippen LogP contribution in [0.15, 0.2) is 30.3 Å². The minimum absolute atomic E-state index is 0.387. The number of carbonyl (C=O) groups excluding carboxylic acids is 1. The molecule has 0 aliphatic heterocycles. The van der Waals surface area contributed by atoms with Crippen molar-refractivity contribution in [2.45, 2.75) is 19.9 Å². The molecule has 0 unspecified atom stereocenters. The molecule has 0 spiro atoms. The fourth-order valence-corrected chi connectivity index (χ4v) is 2.79. The third-order valence-electron chi connectivity index (χ3n) is 3.03. The number of benzene rings is 1. The zero-order chi connectivity index (χ0) is 14.5. The zero-order valence-electron chi connectivity index (χ0n) is 11.6. The fourth-order valence-electron chi connectivity index (χ4n) is 1.90. The first-order chi connectivity index (χ1) is 9.65.